The first kappa shape index (κ1) is 14.3. The number of sulfone groups is 1. The van der Waals surface area contributed by atoms with Crippen molar-refractivity contribution in [3.05, 3.63) is 0 Å². The smallest absolute Gasteiger partial charge is 0.154 e. The van der Waals surface area contributed by atoms with E-state index in [1.165, 1.54) is 25.7 Å². The van der Waals surface area contributed by atoms with E-state index in [0.29, 0.717) is 11.7 Å². The van der Waals surface area contributed by atoms with Gasteiger partial charge in [-0.25, -0.2) is 8.42 Å². The molecule has 2 aliphatic rings. The minimum atomic E-state index is -2.86. The Bertz CT molecular complexity index is 366. The first-order chi connectivity index (χ1) is 8.54. The van der Waals surface area contributed by atoms with Crippen LogP contribution in [-0.4, -0.2) is 32.5 Å². The summed E-state index contributed by atoms with van der Waals surface area (Å²) in [5.74, 6) is 1.71. The molecule has 1 saturated heterocycles. The average molecular weight is 273 g/mol. The van der Waals surface area contributed by atoms with Crippen molar-refractivity contribution in [1.82, 2.24) is 5.32 Å². The highest BCUT2D eigenvalue weighted by atomic mass is 32.2. The molecule has 4 atom stereocenters. The van der Waals surface area contributed by atoms with Crippen LogP contribution in [0.2, 0.25) is 0 Å². The second kappa shape index (κ2) is 5.91. The summed E-state index contributed by atoms with van der Waals surface area (Å²) in [7, 11) is -0.926. The van der Waals surface area contributed by atoms with Gasteiger partial charge < -0.3 is 5.32 Å². The molecule has 106 valence electrons. The Morgan fingerprint density at radius 3 is 2.50 bits per heavy atom. The normalized spacial score (nSPS) is 38.2. The van der Waals surface area contributed by atoms with E-state index in [9.17, 15) is 8.42 Å². The van der Waals surface area contributed by atoms with Crippen LogP contribution in [0.25, 0.3) is 0 Å². The summed E-state index contributed by atoms with van der Waals surface area (Å²) in [4.78, 5) is 0. The molecule has 0 aromatic carbocycles. The van der Waals surface area contributed by atoms with Crippen LogP contribution in [0.3, 0.4) is 0 Å². The van der Waals surface area contributed by atoms with Crippen molar-refractivity contribution in [2.24, 2.45) is 11.8 Å². The zero-order chi connectivity index (χ0) is 13.2. The molecule has 4 unspecified atom stereocenters. The van der Waals surface area contributed by atoms with E-state index in [0.717, 1.165) is 25.2 Å². The maximum Gasteiger partial charge on any atom is 0.154 e. The summed E-state index contributed by atoms with van der Waals surface area (Å²) < 4.78 is 24.5. The molecule has 1 saturated carbocycles. The van der Waals surface area contributed by atoms with E-state index in [1.54, 1.807) is 0 Å². The summed E-state index contributed by atoms with van der Waals surface area (Å²) in [6.07, 6.45) is 7.75. The van der Waals surface area contributed by atoms with Gasteiger partial charge in [-0.15, -0.1) is 0 Å². The van der Waals surface area contributed by atoms with Gasteiger partial charge in [0.15, 0.2) is 9.84 Å². The highest BCUT2D eigenvalue weighted by molar-refractivity contribution is 7.92. The first-order valence-electron chi connectivity index (χ1n) is 7.43. The molecule has 0 radical (unpaired) electrons. The minimum Gasteiger partial charge on any atom is -0.315 e. The van der Waals surface area contributed by atoms with Crippen molar-refractivity contribution in [2.45, 2.75) is 63.2 Å². The van der Waals surface area contributed by atoms with Gasteiger partial charge in [-0.05, 0) is 44.6 Å². The van der Waals surface area contributed by atoms with Gasteiger partial charge in [0.25, 0.3) is 0 Å². The molecule has 1 aliphatic carbocycles. The van der Waals surface area contributed by atoms with Crippen molar-refractivity contribution >= 4 is 9.84 Å². The van der Waals surface area contributed by atoms with Crippen LogP contribution >= 0.6 is 0 Å². The summed E-state index contributed by atoms with van der Waals surface area (Å²) in [5, 5.41) is 3.21. The molecular formula is C14H27NO2S. The van der Waals surface area contributed by atoms with Crippen molar-refractivity contribution < 1.29 is 8.42 Å². The summed E-state index contributed by atoms with van der Waals surface area (Å²) in [6.45, 7) is 2.30. The van der Waals surface area contributed by atoms with Gasteiger partial charge in [-0.1, -0.05) is 26.2 Å². The highest BCUT2D eigenvalue weighted by Crippen LogP contribution is 2.35. The van der Waals surface area contributed by atoms with Gasteiger partial charge >= 0.3 is 0 Å². The SMILES string of the molecule is CNC(C1CCCC(C)C1)C1CCCCS1(=O)=O. The molecule has 4 heteroatoms. The second-order valence-electron chi connectivity index (χ2n) is 6.25. The maximum atomic E-state index is 12.3. The standard InChI is InChI=1S/C14H27NO2S/c1-11-6-5-7-12(10-11)14(15-2)13-8-3-4-9-18(13,16)17/h11-15H,3-10H2,1-2H3. The topological polar surface area (TPSA) is 46.2 Å². The molecule has 2 fully saturated rings. The Hall–Kier alpha value is -0.0900. The van der Waals surface area contributed by atoms with Gasteiger partial charge in [0, 0.05) is 6.04 Å². The second-order valence-corrected chi connectivity index (χ2v) is 8.59. The van der Waals surface area contributed by atoms with Crippen LogP contribution in [0.15, 0.2) is 0 Å². The minimum absolute atomic E-state index is 0.133. The van der Waals surface area contributed by atoms with Crippen LogP contribution in [0.4, 0.5) is 0 Å². The van der Waals surface area contributed by atoms with Crippen molar-refractivity contribution in [3.8, 4) is 0 Å². The lowest BCUT2D eigenvalue weighted by atomic mass is 9.77. The van der Waals surface area contributed by atoms with Gasteiger partial charge in [-0.2, -0.15) is 0 Å². The molecule has 0 spiro atoms. The third-order valence-corrected chi connectivity index (χ3v) is 7.16. The van der Waals surface area contributed by atoms with Crippen LogP contribution in [-0.2, 0) is 9.84 Å². The lowest BCUT2D eigenvalue weighted by molar-refractivity contribution is 0.218. The van der Waals surface area contributed by atoms with Gasteiger partial charge in [0.2, 0.25) is 0 Å². The highest BCUT2D eigenvalue weighted by Gasteiger charge is 2.39. The van der Waals surface area contributed by atoms with Crippen LogP contribution in [0, 0.1) is 11.8 Å². The molecule has 0 amide bonds. The van der Waals surface area contributed by atoms with E-state index < -0.39 is 9.84 Å². The van der Waals surface area contributed by atoms with E-state index >= 15 is 0 Å². The fraction of sp³-hybridized carbons (Fsp3) is 1.00. The van der Waals surface area contributed by atoms with E-state index in [1.807, 2.05) is 7.05 Å². The molecule has 0 bridgehead atoms. The molecule has 1 aliphatic heterocycles. The third-order valence-electron chi connectivity index (χ3n) is 4.85. The van der Waals surface area contributed by atoms with E-state index in [2.05, 4.69) is 12.2 Å². The number of nitrogens with one attached hydrogen (secondary N) is 1. The van der Waals surface area contributed by atoms with Crippen LogP contribution in [0.5, 0.6) is 0 Å². The summed E-state index contributed by atoms with van der Waals surface area (Å²) in [5.41, 5.74) is 0. The van der Waals surface area contributed by atoms with Crippen molar-refractivity contribution in [1.29, 1.82) is 0 Å². The lowest BCUT2D eigenvalue weighted by Crippen LogP contribution is -2.50. The summed E-state index contributed by atoms with van der Waals surface area (Å²) >= 11 is 0. The summed E-state index contributed by atoms with van der Waals surface area (Å²) in [6, 6.07) is 0.179. The Morgan fingerprint density at radius 2 is 1.89 bits per heavy atom. The molecule has 1 heterocycles. The zero-order valence-electron chi connectivity index (χ0n) is 11.7. The van der Waals surface area contributed by atoms with Crippen molar-refractivity contribution in [2.75, 3.05) is 12.8 Å². The Morgan fingerprint density at radius 1 is 1.11 bits per heavy atom. The number of rotatable bonds is 3. The van der Waals surface area contributed by atoms with Gasteiger partial charge in [0.05, 0.1) is 11.0 Å². The monoisotopic (exact) mass is 273 g/mol. The van der Waals surface area contributed by atoms with Gasteiger partial charge in [-0.3, -0.25) is 0 Å². The molecule has 0 aromatic rings. The number of hydrogen-bond donors (Lipinski definition) is 1. The van der Waals surface area contributed by atoms with E-state index in [-0.39, 0.29) is 11.3 Å². The lowest BCUT2D eigenvalue weighted by Gasteiger charge is -2.38. The Balaban J connectivity index is 2.11. The predicted octanol–water partition coefficient (Wildman–Crippen LogP) is 2.37. The molecule has 18 heavy (non-hydrogen) atoms. The van der Waals surface area contributed by atoms with Crippen LogP contribution < -0.4 is 5.32 Å². The third kappa shape index (κ3) is 3.08. The van der Waals surface area contributed by atoms with Gasteiger partial charge in [0.1, 0.15) is 0 Å². The quantitative estimate of drug-likeness (QED) is 0.858. The average Bonchev–Trinajstić information content (AvgIpc) is 2.32. The van der Waals surface area contributed by atoms with Crippen LogP contribution in [0.1, 0.15) is 51.9 Å². The largest absolute Gasteiger partial charge is 0.315 e. The molecule has 2 rings (SSSR count). The zero-order valence-corrected chi connectivity index (χ0v) is 12.5. The molecular weight excluding hydrogens is 246 g/mol. The number of hydrogen-bond acceptors (Lipinski definition) is 3. The van der Waals surface area contributed by atoms with Crippen molar-refractivity contribution in [3.63, 3.8) is 0 Å². The first-order valence-corrected chi connectivity index (χ1v) is 9.15. The molecule has 0 aromatic heterocycles. The predicted molar refractivity (Wildman–Crippen MR) is 75.4 cm³/mol. The fourth-order valence-corrected chi connectivity index (χ4v) is 6.16. The molecule has 3 nitrogen and oxygen atoms in total. The Labute approximate surface area is 112 Å². The Kier molecular flexibility index (Phi) is 4.70. The van der Waals surface area contributed by atoms with E-state index in [4.69, 9.17) is 0 Å². The molecule has 1 N–H and O–H groups in total. The fourth-order valence-electron chi connectivity index (χ4n) is 3.91. The maximum absolute atomic E-state index is 12.3.